The summed E-state index contributed by atoms with van der Waals surface area (Å²) in [7, 11) is 0. The lowest BCUT2D eigenvalue weighted by Crippen LogP contribution is -2.32. The van der Waals surface area contributed by atoms with Crippen LogP contribution in [-0.4, -0.2) is 29.1 Å². The topological polar surface area (TPSA) is 53.4 Å². The molecule has 106 valence electrons. The number of hydrogen-bond acceptors (Lipinski definition) is 4. The molecule has 0 atom stereocenters. The normalized spacial score (nSPS) is 10.8. The van der Waals surface area contributed by atoms with Gasteiger partial charge in [0.25, 0.3) is 0 Å². The summed E-state index contributed by atoms with van der Waals surface area (Å²) in [6, 6.07) is 9.91. The summed E-state index contributed by atoms with van der Waals surface area (Å²) in [5, 5.41) is 11.8. The van der Waals surface area contributed by atoms with Crippen molar-refractivity contribution in [2.75, 3.05) is 18.0 Å². The Labute approximate surface area is 122 Å². The lowest BCUT2D eigenvalue weighted by molar-refractivity contribution is -0.135. The van der Waals surface area contributed by atoms with Crippen molar-refractivity contribution < 1.29 is 9.90 Å². The lowest BCUT2D eigenvalue weighted by Gasteiger charge is -2.21. The first-order valence-corrected chi connectivity index (χ1v) is 7.42. The molecule has 2 aromatic rings. The number of aromatic nitrogens is 1. The Morgan fingerprint density at radius 1 is 1.35 bits per heavy atom. The third-order valence-electron chi connectivity index (χ3n) is 2.74. The van der Waals surface area contributed by atoms with E-state index in [0.29, 0.717) is 12.5 Å². The molecule has 0 saturated carbocycles. The van der Waals surface area contributed by atoms with Crippen LogP contribution < -0.4 is 4.90 Å². The molecular formula is C15H18N2O2S. The van der Waals surface area contributed by atoms with Crippen LogP contribution in [0.1, 0.15) is 13.8 Å². The van der Waals surface area contributed by atoms with Crippen molar-refractivity contribution in [2.45, 2.75) is 13.8 Å². The van der Waals surface area contributed by atoms with Crippen LogP contribution in [0.15, 0.2) is 35.7 Å². The smallest absolute Gasteiger partial charge is 0.323 e. The first-order chi connectivity index (χ1) is 9.56. The van der Waals surface area contributed by atoms with Gasteiger partial charge in [-0.25, -0.2) is 4.98 Å². The zero-order valence-corrected chi connectivity index (χ0v) is 12.4. The molecule has 2 rings (SSSR count). The highest BCUT2D eigenvalue weighted by molar-refractivity contribution is 7.14. The molecule has 0 aliphatic carbocycles. The maximum Gasteiger partial charge on any atom is 0.323 e. The monoisotopic (exact) mass is 290 g/mol. The van der Waals surface area contributed by atoms with E-state index >= 15 is 0 Å². The molecule has 1 aromatic carbocycles. The zero-order valence-electron chi connectivity index (χ0n) is 11.6. The number of thiazole rings is 1. The maximum atomic E-state index is 11.0. The van der Waals surface area contributed by atoms with E-state index in [2.05, 4.69) is 18.8 Å². The minimum atomic E-state index is -0.831. The van der Waals surface area contributed by atoms with Crippen molar-refractivity contribution in [3.63, 3.8) is 0 Å². The Balaban J connectivity index is 2.22. The first kappa shape index (κ1) is 14.5. The minimum Gasteiger partial charge on any atom is -0.480 e. The molecule has 20 heavy (non-hydrogen) atoms. The van der Waals surface area contributed by atoms with Gasteiger partial charge in [0, 0.05) is 17.5 Å². The van der Waals surface area contributed by atoms with Gasteiger partial charge in [-0.3, -0.25) is 4.79 Å². The second kappa shape index (κ2) is 6.52. The molecular weight excluding hydrogens is 272 g/mol. The van der Waals surface area contributed by atoms with Gasteiger partial charge in [-0.05, 0) is 5.92 Å². The molecule has 0 spiro atoms. The molecule has 0 radical (unpaired) electrons. The summed E-state index contributed by atoms with van der Waals surface area (Å²) in [4.78, 5) is 17.4. The highest BCUT2D eigenvalue weighted by Gasteiger charge is 2.16. The Hall–Kier alpha value is -1.88. The van der Waals surface area contributed by atoms with Crippen LogP contribution in [0.5, 0.6) is 0 Å². The number of hydrogen-bond donors (Lipinski definition) is 1. The van der Waals surface area contributed by atoms with E-state index in [1.807, 2.05) is 40.6 Å². The van der Waals surface area contributed by atoms with Gasteiger partial charge in [0.2, 0.25) is 0 Å². The van der Waals surface area contributed by atoms with Crippen molar-refractivity contribution in [1.82, 2.24) is 4.98 Å². The largest absolute Gasteiger partial charge is 0.480 e. The number of anilines is 1. The predicted octanol–water partition coefficient (Wildman–Crippen LogP) is 3.36. The fourth-order valence-corrected chi connectivity index (χ4v) is 2.81. The fourth-order valence-electron chi connectivity index (χ4n) is 1.97. The van der Waals surface area contributed by atoms with Gasteiger partial charge in [-0.2, -0.15) is 0 Å². The molecule has 0 amide bonds. The molecule has 0 bridgehead atoms. The highest BCUT2D eigenvalue weighted by atomic mass is 32.1. The van der Waals surface area contributed by atoms with E-state index in [-0.39, 0.29) is 6.54 Å². The number of rotatable bonds is 6. The number of aliphatic carboxylic acids is 1. The van der Waals surface area contributed by atoms with Crippen LogP contribution in [-0.2, 0) is 4.79 Å². The highest BCUT2D eigenvalue weighted by Crippen LogP contribution is 2.27. The number of carbonyl (C=O) groups is 1. The average molecular weight is 290 g/mol. The molecule has 1 heterocycles. The molecule has 0 unspecified atom stereocenters. The number of carboxylic acid groups (broad SMARTS) is 1. The average Bonchev–Trinajstić information content (AvgIpc) is 2.87. The van der Waals surface area contributed by atoms with Crippen LogP contribution in [0.2, 0.25) is 0 Å². The second-order valence-electron chi connectivity index (χ2n) is 5.05. The Kier molecular flexibility index (Phi) is 4.74. The Morgan fingerprint density at radius 2 is 2.05 bits per heavy atom. The van der Waals surface area contributed by atoms with E-state index in [9.17, 15) is 4.79 Å². The van der Waals surface area contributed by atoms with E-state index in [4.69, 9.17) is 5.11 Å². The molecule has 0 saturated heterocycles. The molecule has 1 aromatic heterocycles. The van der Waals surface area contributed by atoms with Gasteiger partial charge >= 0.3 is 5.97 Å². The Morgan fingerprint density at radius 3 is 2.65 bits per heavy atom. The van der Waals surface area contributed by atoms with E-state index in [0.717, 1.165) is 16.4 Å². The molecule has 5 heteroatoms. The van der Waals surface area contributed by atoms with E-state index in [1.54, 1.807) is 0 Å². The van der Waals surface area contributed by atoms with Crippen LogP contribution in [0, 0.1) is 5.92 Å². The van der Waals surface area contributed by atoms with Crippen molar-refractivity contribution in [1.29, 1.82) is 0 Å². The zero-order chi connectivity index (χ0) is 14.5. The van der Waals surface area contributed by atoms with Crippen LogP contribution in [0.3, 0.4) is 0 Å². The SMILES string of the molecule is CC(C)CN(CC(=O)O)c1nc(-c2ccccc2)cs1. The molecule has 4 nitrogen and oxygen atoms in total. The van der Waals surface area contributed by atoms with E-state index < -0.39 is 5.97 Å². The van der Waals surface area contributed by atoms with Crippen molar-refractivity contribution >= 4 is 22.4 Å². The van der Waals surface area contributed by atoms with Crippen molar-refractivity contribution in [2.24, 2.45) is 5.92 Å². The van der Waals surface area contributed by atoms with Gasteiger partial charge in [0.05, 0.1) is 5.69 Å². The molecule has 0 fully saturated rings. The summed E-state index contributed by atoms with van der Waals surface area (Å²) < 4.78 is 0. The van der Waals surface area contributed by atoms with Crippen molar-refractivity contribution in [3.8, 4) is 11.3 Å². The van der Waals surface area contributed by atoms with Crippen LogP contribution in [0.4, 0.5) is 5.13 Å². The quantitative estimate of drug-likeness (QED) is 0.886. The molecule has 0 aliphatic heterocycles. The van der Waals surface area contributed by atoms with Gasteiger partial charge in [-0.1, -0.05) is 44.2 Å². The summed E-state index contributed by atoms with van der Waals surface area (Å²) in [5.74, 6) is -0.444. The van der Waals surface area contributed by atoms with Gasteiger partial charge in [-0.15, -0.1) is 11.3 Å². The van der Waals surface area contributed by atoms with Crippen molar-refractivity contribution in [3.05, 3.63) is 35.7 Å². The number of nitrogens with zero attached hydrogens (tertiary/aromatic N) is 2. The standard InChI is InChI=1S/C15H18N2O2S/c1-11(2)8-17(9-14(18)19)15-16-13(10-20-15)12-6-4-3-5-7-12/h3-7,10-11H,8-9H2,1-2H3,(H,18,19). The maximum absolute atomic E-state index is 11.0. The third-order valence-corrected chi connectivity index (χ3v) is 3.65. The molecule has 1 N–H and O–H groups in total. The lowest BCUT2D eigenvalue weighted by atomic mass is 10.2. The third kappa shape index (κ3) is 3.81. The fraction of sp³-hybridized carbons (Fsp3) is 0.333. The number of benzene rings is 1. The van der Waals surface area contributed by atoms with Crippen LogP contribution in [0.25, 0.3) is 11.3 Å². The summed E-state index contributed by atoms with van der Waals surface area (Å²) in [5.41, 5.74) is 1.94. The predicted molar refractivity (Wildman–Crippen MR) is 82.2 cm³/mol. The second-order valence-corrected chi connectivity index (χ2v) is 5.89. The number of carboxylic acids is 1. The summed E-state index contributed by atoms with van der Waals surface area (Å²) in [6.45, 7) is 4.81. The summed E-state index contributed by atoms with van der Waals surface area (Å²) >= 11 is 1.49. The minimum absolute atomic E-state index is 0.0140. The Bertz CT molecular complexity index is 566. The first-order valence-electron chi connectivity index (χ1n) is 6.54. The van der Waals surface area contributed by atoms with Gasteiger partial charge < -0.3 is 10.0 Å². The summed E-state index contributed by atoms with van der Waals surface area (Å²) in [6.07, 6.45) is 0. The molecule has 0 aliphatic rings. The van der Waals surface area contributed by atoms with E-state index in [1.165, 1.54) is 11.3 Å². The van der Waals surface area contributed by atoms with Gasteiger partial charge in [0.15, 0.2) is 5.13 Å². The van der Waals surface area contributed by atoms with Crippen LogP contribution >= 0.6 is 11.3 Å². The van der Waals surface area contributed by atoms with Gasteiger partial charge in [0.1, 0.15) is 6.54 Å².